The van der Waals surface area contributed by atoms with E-state index in [1.54, 1.807) is 6.07 Å². The lowest BCUT2D eigenvalue weighted by Crippen LogP contribution is -2.26. The zero-order valence-electron chi connectivity index (χ0n) is 11.9. The number of carbonyl (C=O) groups is 1. The van der Waals surface area contributed by atoms with Gasteiger partial charge in [-0.2, -0.15) is 0 Å². The maximum atomic E-state index is 10.7. The predicted octanol–water partition coefficient (Wildman–Crippen LogP) is 2.98. The Labute approximate surface area is 119 Å². The van der Waals surface area contributed by atoms with Crippen molar-refractivity contribution in [2.75, 3.05) is 13.2 Å². The molecule has 1 fully saturated rings. The van der Waals surface area contributed by atoms with Gasteiger partial charge >= 0.3 is 5.97 Å². The van der Waals surface area contributed by atoms with Crippen molar-refractivity contribution in [2.24, 2.45) is 0 Å². The molecular formula is C15H23NO4. The van der Waals surface area contributed by atoms with Crippen molar-refractivity contribution in [1.29, 1.82) is 0 Å². The molecule has 1 aromatic rings. The highest BCUT2D eigenvalue weighted by Crippen LogP contribution is 2.20. The maximum Gasteiger partial charge on any atom is 0.371 e. The van der Waals surface area contributed by atoms with Crippen LogP contribution in [-0.4, -0.2) is 30.3 Å². The molecule has 1 heterocycles. The van der Waals surface area contributed by atoms with Gasteiger partial charge in [-0.3, -0.25) is 0 Å². The van der Waals surface area contributed by atoms with Crippen LogP contribution in [0.15, 0.2) is 16.5 Å². The Morgan fingerprint density at radius 2 is 2.20 bits per heavy atom. The van der Waals surface area contributed by atoms with E-state index in [0.29, 0.717) is 18.5 Å². The summed E-state index contributed by atoms with van der Waals surface area (Å²) in [4.78, 5) is 10.7. The molecule has 1 atom stereocenters. The lowest BCUT2D eigenvalue weighted by atomic mass is 9.98. The fourth-order valence-electron chi connectivity index (χ4n) is 2.53. The summed E-state index contributed by atoms with van der Waals surface area (Å²) in [6.07, 6.45) is 6.66. The van der Waals surface area contributed by atoms with Crippen LogP contribution in [0.5, 0.6) is 0 Å². The lowest BCUT2D eigenvalue weighted by molar-refractivity contribution is 0.0293. The average molecular weight is 281 g/mol. The monoisotopic (exact) mass is 281 g/mol. The van der Waals surface area contributed by atoms with Crippen molar-refractivity contribution in [3.05, 3.63) is 23.7 Å². The molecule has 1 aliphatic rings. The first-order valence-corrected chi connectivity index (χ1v) is 7.35. The van der Waals surface area contributed by atoms with Crippen LogP contribution >= 0.6 is 0 Å². The maximum absolute atomic E-state index is 10.7. The van der Waals surface area contributed by atoms with Gasteiger partial charge in [-0.1, -0.05) is 19.3 Å². The SMILES string of the molecule is CC(NCCOC1CCCCC1)c1ccc(C(=O)O)o1. The predicted molar refractivity (Wildman–Crippen MR) is 74.9 cm³/mol. The molecule has 1 aliphatic carbocycles. The van der Waals surface area contributed by atoms with Gasteiger partial charge in [-0.05, 0) is 31.9 Å². The highest BCUT2D eigenvalue weighted by molar-refractivity contribution is 5.84. The first-order chi connectivity index (χ1) is 9.66. The number of nitrogens with one attached hydrogen (secondary N) is 1. The van der Waals surface area contributed by atoms with E-state index in [9.17, 15) is 4.79 Å². The summed E-state index contributed by atoms with van der Waals surface area (Å²) in [6, 6.07) is 3.16. The van der Waals surface area contributed by atoms with Crippen LogP contribution in [0, 0.1) is 0 Å². The molecule has 1 aromatic heterocycles. The Bertz CT molecular complexity index is 423. The number of ether oxygens (including phenoxy) is 1. The number of rotatable bonds is 7. The Kier molecular flexibility index (Phi) is 5.61. The molecule has 0 bridgehead atoms. The Morgan fingerprint density at radius 3 is 2.85 bits per heavy atom. The van der Waals surface area contributed by atoms with Crippen molar-refractivity contribution in [2.45, 2.75) is 51.2 Å². The van der Waals surface area contributed by atoms with Gasteiger partial charge in [-0.15, -0.1) is 0 Å². The third kappa shape index (κ3) is 4.35. The van der Waals surface area contributed by atoms with Crippen LogP contribution in [-0.2, 0) is 4.74 Å². The molecule has 1 unspecified atom stereocenters. The van der Waals surface area contributed by atoms with Crippen LogP contribution in [0.1, 0.15) is 61.4 Å². The minimum absolute atomic E-state index is 0.0157. The van der Waals surface area contributed by atoms with E-state index in [2.05, 4.69) is 5.32 Å². The summed E-state index contributed by atoms with van der Waals surface area (Å²) in [5.74, 6) is -0.420. The van der Waals surface area contributed by atoms with Crippen molar-refractivity contribution in [3.63, 3.8) is 0 Å². The van der Waals surface area contributed by atoms with Gasteiger partial charge in [0.1, 0.15) is 5.76 Å². The quantitative estimate of drug-likeness (QED) is 0.752. The van der Waals surface area contributed by atoms with E-state index in [1.807, 2.05) is 6.92 Å². The molecule has 0 spiro atoms. The molecule has 1 saturated carbocycles. The molecule has 0 amide bonds. The van der Waals surface area contributed by atoms with Gasteiger partial charge in [-0.25, -0.2) is 4.79 Å². The van der Waals surface area contributed by atoms with Crippen molar-refractivity contribution >= 4 is 5.97 Å². The third-order valence-electron chi connectivity index (χ3n) is 3.72. The molecule has 2 rings (SSSR count). The minimum Gasteiger partial charge on any atom is -0.475 e. The smallest absolute Gasteiger partial charge is 0.371 e. The van der Waals surface area contributed by atoms with Gasteiger partial charge in [0.05, 0.1) is 18.8 Å². The fraction of sp³-hybridized carbons (Fsp3) is 0.667. The van der Waals surface area contributed by atoms with Crippen LogP contribution in [0.25, 0.3) is 0 Å². The van der Waals surface area contributed by atoms with Crippen molar-refractivity contribution < 1.29 is 19.1 Å². The lowest BCUT2D eigenvalue weighted by Gasteiger charge is -2.22. The summed E-state index contributed by atoms with van der Waals surface area (Å²) in [5.41, 5.74) is 0. The molecular weight excluding hydrogens is 258 g/mol. The second-order valence-electron chi connectivity index (χ2n) is 5.31. The molecule has 5 heteroatoms. The van der Waals surface area contributed by atoms with E-state index >= 15 is 0 Å². The number of furan rings is 1. The van der Waals surface area contributed by atoms with E-state index in [0.717, 1.165) is 6.54 Å². The molecule has 0 saturated heterocycles. The first kappa shape index (κ1) is 15.1. The van der Waals surface area contributed by atoms with Gasteiger partial charge in [0, 0.05) is 6.54 Å². The minimum atomic E-state index is -1.04. The molecule has 0 radical (unpaired) electrons. The van der Waals surface area contributed by atoms with E-state index in [-0.39, 0.29) is 11.8 Å². The topological polar surface area (TPSA) is 71.7 Å². The summed E-state index contributed by atoms with van der Waals surface area (Å²) in [6.45, 7) is 3.37. The zero-order chi connectivity index (χ0) is 14.4. The normalized spacial score (nSPS) is 18.1. The van der Waals surface area contributed by atoms with Crippen molar-refractivity contribution in [1.82, 2.24) is 5.32 Å². The van der Waals surface area contributed by atoms with E-state index in [1.165, 1.54) is 38.2 Å². The number of aromatic carboxylic acids is 1. The fourth-order valence-corrected chi connectivity index (χ4v) is 2.53. The van der Waals surface area contributed by atoms with Crippen LogP contribution in [0.4, 0.5) is 0 Å². The van der Waals surface area contributed by atoms with Gasteiger partial charge in [0.2, 0.25) is 5.76 Å². The van der Waals surface area contributed by atoms with Gasteiger partial charge in [0.25, 0.3) is 0 Å². The van der Waals surface area contributed by atoms with Gasteiger partial charge < -0.3 is 19.6 Å². The molecule has 0 aliphatic heterocycles. The summed E-state index contributed by atoms with van der Waals surface area (Å²) in [5, 5.41) is 12.1. The summed E-state index contributed by atoms with van der Waals surface area (Å²) in [7, 11) is 0. The highest BCUT2D eigenvalue weighted by Gasteiger charge is 2.15. The standard InChI is InChI=1S/C15H23NO4/c1-11(13-7-8-14(20-13)15(17)18)16-9-10-19-12-5-3-2-4-6-12/h7-8,11-12,16H,2-6,9-10H2,1H3,(H,17,18). The zero-order valence-corrected chi connectivity index (χ0v) is 11.9. The number of hydrogen-bond acceptors (Lipinski definition) is 4. The summed E-state index contributed by atoms with van der Waals surface area (Å²) < 4.78 is 11.1. The van der Waals surface area contributed by atoms with E-state index in [4.69, 9.17) is 14.3 Å². The second-order valence-corrected chi connectivity index (χ2v) is 5.31. The summed E-state index contributed by atoms with van der Waals surface area (Å²) >= 11 is 0. The molecule has 20 heavy (non-hydrogen) atoms. The van der Waals surface area contributed by atoms with Crippen molar-refractivity contribution in [3.8, 4) is 0 Å². The highest BCUT2D eigenvalue weighted by atomic mass is 16.5. The Morgan fingerprint density at radius 1 is 1.45 bits per heavy atom. The Balaban J connectivity index is 1.66. The van der Waals surface area contributed by atoms with E-state index < -0.39 is 5.97 Å². The van der Waals surface area contributed by atoms with Crippen LogP contribution in [0.3, 0.4) is 0 Å². The molecule has 2 N–H and O–H groups in total. The molecule has 0 aromatic carbocycles. The van der Waals surface area contributed by atoms with Crippen LogP contribution in [0.2, 0.25) is 0 Å². The number of carboxylic acid groups (broad SMARTS) is 1. The first-order valence-electron chi connectivity index (χ1n) is 7.35. The average Bonchev–Trinajstić information content (AvgIpc) is 2.94. The molecule has 5 nitrogen and oxygen atoms in total. The number of hydrogen-bond donors (Lipinski definition) is 2. The second kappa shape index (κ2) is 7.45. The van der Waals surface area contributed by atoms with Gasteiger partial charge in [0.15, 0.2) is 0 Å². The third-order valence-corrected chi connectivity index (χ3v) is 3.72. The molecule has 112 valence electrons. The number of carboxylic acids is 1. The van der Waals surface area contributed by atoms with Crippen LogP contribution < -0.4 is 5.32 Å². The Hall–Kier alpha value is -1.33. The largest absolute Gasteiger partial charge is 0.475 e.